The van der Waals surface area contributed by atoms with Crippen molar-refractivity contribution < 1.29 is 38.1 Å². The highest BCUT2D eigenvalue weighted by Crippen LogP contribution is 2.40. The maximum absolute atomic E-state index is 12.4. The van der Waals surface area contributed by atoms with Crippen LogP contribution in [0.5, 0.6) is 11.8 Å². The first-order chi connectivity index (χ1) is 24.3. The lowest BCUT2D eigenvalue weighted by molar-refractivity contribution is -0.114. The zero-order valence-electron chi connectivity index (χ0n) is 28.7. The van der Waals surface area contributed by atoms with Gasteiger partial charge >= 0.3 is 0 Å². The van der Waals surface area contributed by atoms with Gasteiger partial charge in [-0.25, -0.2) is 9.97 Å². The van der Waals surface area contributed by atoms with E-state index >= 15 is 0 Å². The monoisotopic (exact) mass is 710 g/mol. The number of ether oxygens (including phenoxy) is 5. The van der Waals surface area contributed by atoms with Crippen molar-refractivity contribution in [3.8, 4) is 11.8 Å². The molecule has 16 nitrogen and oxygen atoms in total. The number of fused-ring (bicyclic) bond motifs is 1. The van der Waals surface area contributed by atoms with Crippen molar-refractivity contribution in [3.63, 3.8) is 0 Å². The van der Waals surface area contributed by atoms with E-state index in [1.165, 1.54) is 37.8 Å². The van der Waals surface area contributed by atoms with Crippen molar-refractivity contribution in [1.29, 1.82) is 0 Å². The molecule has 2 aliphatic rings. The second kappa shape index (κ2) is 18.0. The predicted octanol–water partition coefficient (Wildman–Crippen LogP) is 2.17. The van der Waals surface area contributed by atoms with Crippen LogP contribution in [0.3, 0.4) is 0 Å². The second-order valence-corrected chi connectivity index (χ2v) is 12.3. The quantitative estimate of drug-likeness (QED) is 0.116. The third-order valence-corrected chi connectivity index (χ3v) is 8.72. The number of amides is 3. The molecule has 17 heteroatoms. The molecular weight excluding hydrogens is 668 g/mol. The summed E-state index contributed by atoms with van der Waals surface area (Å²) in [4.78, 5) is 60.7. The molecule has 1 saturated heterocycles. The molecule has 5 rings (SSSR count). The molecule has 268 valence electrons. The average molecular weight is 711 g/mol. The minimum absolute atomic E-state index is 0.207. The van der Waals surface area contributed by atoms with Crippen molar-refractivity contribution in [2.75, 3.05) is 103 Å². The number of piperazine rings is 1. The summed E-state index contributed by atoms with van der Waals surface area (Å²) in [6.07, 6.45) is 0. The Hall–Kier alpha value is -4.42. The number of carbonyl (C=O) groups is 3. The number of nitrogens with one attached hydrogen (secondary N) is 1. The number of rotatable bonds is 18. The van der Waals surface area contributed by atoms with E-state index in [4.69, 9.17) is 23.7 Å². The van der Waals surface area contributed by atoms with Crippen LogP contribution in [-0.2, 0) is 19.0 Å². The van der Waals surface area contributed by atoms with Crippen LogP contribution in [-0.4, -0.2) is 141 Å². The van der Waals surface area contributed by atoms with Gasteiger partial charge in [-0.1, -0.05) is 12.1 Å². The molecular formula is C33H42N8O8S. The topological polar surface area (TPSA) is 171 Å². The predicted molar refractivity (Wildman–Crippen MR) is 183 cm³/mol. The average Bonchev–Trinajstić information content (AvgIpc) is 3.35. The van der Waals surface area contributed by atoms with Gasteiger partial charge in [-0.2, -0.15) is 9.97 Å². The molecule has 1 aromatic carbocycles. The fourth-order valence-electron chi connectivity index (χ4n) is 5.33. The van der Waals surface area contributed by atoms with Crippen LogP contribution in [0.1, 0.15) is 33.3 Å². The number of aryl methyl sites for hydroxylation is 1. The number of hydrogen-bond donors (Lipinski definition) is 1. The molecule has 4 heterocycles. The molecule has 1 N–H and O–H groups in total. The fourth-order valence-corrected chi connectivity index (χ4v) is 6.28. The summed E-state index contributed by atoms with van der Waals surface area (Å²) in [5.41, 5.74) is 1.57. The van der Waals surface area contributed by atoms with Crippen LogP contribution in [0.15, 0.2) is 40.4 Å². The highest BCUT2D eigenvalue weighted by molar-refractivity contribution is 7.99. The van der Waals surface area contributed by atoms with Crippen LogP contribution in [0.2, 0.25) is 0 Å². The molecule has 50 heavy (non-hydrogen) atoms. The van der Waals surface area contributed by atoms with Crippen molar-refractivity contribution in [2.45, 2.75) is 23.9 Å². The van der Waals surface area contributed by atoms with Crippen LogP contribution in [0.25, 0.3) is 0 Å². The normalized spacial score (nSPS) is 14.6. The van der Waals surface area contributed by atoms with Crippen molar-refractivity contribution in [3.05, 3.63) is 47.2 Å². The lowest BCUT2D eigenvalue weighted by Gasteiger charge is -2.34. The molecule has 0 aliphatic carbocycles. The van der Waals surface area contributed by atoms with Gasteiger partial charge in [0.15, 0.2) is 5.16 Å². The SMILES string of the molecule is COc1nc(N2CCN(CCOCCOCCOCCN3C(=O)c4ccccc4C3=O)CC2)nc(OC)c1Sc1nc(C)cc(NC(C)=O)n1. The van der Waals surface area contributed by atoms with E-state index in [2.05, 4.69) is 35.1 Å². The largest absolute Gasteiger partial charge is 0.480 e. The Bertz CT molecular complexity index is 1600. The lowest BCUT2D eigenvalue weighted by Crippen LogP contribution is -2.48. The van der Waals surface area contributed by atoms with Gasteiger partial charge in [-0.15, -0.1) is 0 Å². The molecule has 0 radical (unpaired) electrons. The third-order valence-electron chi connectivity index (χ3n) is 7.80. The van der Waals surface area contributed by atoms with E-state index in [9.17, 15) is 14.4 Å². The Balaban J connectivity index is 0.964. The smallest absolute Gasteiger partial charge is 0.261 e. The van der Waals surface area contributed by atoms with Crippen molar-refractivity contribution in [2.24, 2.45) is 0 Å². The minimum atomic E-state index is -0.281. The number of methoxy groups -OCH3 is 2. The number of aromatic nitrogens is 4. The molecule has 0 saturated carbocycles. The highest BCUT2D eigenvalue weighted by atomic mass is 32.2. The first kappa shape index (κ1) is 36.9. The number of benzene rings is 1. The van der Waals surface area contributed by atoms with Gasteiger partial charge in [0.25, 0.3) is 11.8 Å². The van der Waals surface area contributed by atoms with E-state index in [-0.39, 0.29) is 30.9 Å². The molecule has 0 unspecified atom stereocenters. The van der Waals surface area contributed by atoms with Crippen LogP contribution in [0, 0.1) is 6.92 Å². The highest BCUT2D eigenvalue weighted by Gasteiger charge is 2.34. The molecule has 3 amide bonds. The van der Waals surface area contributed by atoms with Gasteiger partial charge < -0.3 is 33.9 Å². The van der Waals surface area contributed by atoms with E-state index in [1.807, 2.05) is 6.92 Å². The van der Waals surface area contributed by atoms with Crippen LogP contribution >= 0.6 is 11.8 Å². The summed E-state index contributed by atoms with van der Waals surface area (Å²) in [5.74, 6) is 0.805. The molecule has 2 aliphatic heterocycles. The third kappa shape index (κ3) is 9.63. The van der Waals surface area contributed by atoms with Crippen LogP contribution < -0.4 is 19.7 Å². The first-order valence-corrected chi connectivity index (χ1v) is 17.1. The lowest BCUT2D eigenvalue weighted by atomic mass is 10.1. The molecule has 3 aromatic rings. The number of carbonyl (C=O) groups excluding carboxylic acids is 3. The maximum atomic E-state index is 12.4. The second-order valence-electron chi connectivity index (χ2n) is 11.3. The van der Waals surface area contributed by atoms with E-state index in [0.717, 1.165) is 32.7 Å². The Labute approximate surface area is 294 Å². The summed E-state index contributed by atoms with van der Waals surface area (Å²) < 4.78 is 28.1. The standard InChI is InChI=1S/C33H42N8O8S/c1-22-21-26(35-23(2)42)36-33(34-22)50-27-28(45-3)37-32(38-29(27)46-4)40-11-9-39(10-12-40)13-15-47-17-19-49-20-18-48-16-14-41-30(43)24-7-5-6-8-25(24)31(41)44/h5-8,21H,9-20H2,1-4H3,(H,34,35,36,42). The van der Waals surface area contributed by atoms with Gasteiger partial charge in [0.2, 0.25) is 23.6 Å². The number of hydrogen-bond acceptors (Lipinski definition) is 15. The summed E-state index contributed by atoms with van der Waals surface area (Å²) >= 11 is 1.20. The number of anilines is 2. The van der Waals surface area contributed by atoms with E-state index in [1.54, 1.807) is 30.3 Å². The van der Waals surface area contributed by atoms with Gasteiger partial charge in [-0.05, 0) is 30.8 Å². The van der Waals surface area contributed by atoms with Gasteiger partial charge in [0, 0.05) is 51.4 Å². The maximum Gasteiger partial charge on any atom is 0.261 e. The first-order valence-electron chi connectivity index (χ1n) is 16.2. The number of imide groups is 1. The summed E-state index contributed by atoms with van der Waals surface area (Å²) in [6.45, 7) is 9.78. The van der Waals surface area contributed by atoms with Gasteiger partial charge in [0.1, 0.15) is 10.7 Å². The summed E-state index contributed by atoms with van der Waals surface area (Å²) in [7, 11) is 3.08. The number of nitrogens with zero attached hydrogens (tertiary/aromatic N) is 7. The zero-order chi connectivity index (χ0) is 35.5. The zero-order valence-corrected chi connectivity index (χ0v) is 29.5. The van der Waals surface area contributed by atoms with Crippen molar-refractivity contribution in [1.82, 2.24) is 29.7 Å². The summed E-state index contributed by atoms with van der Waals surface area (Å²) in [5, 5.41) is 3.08. The van der Waals surface area contributed by atoms with Gasteiger partial charge in [0.05, 0.1) is 71.5 Å². The van der Waals surface area contributed by atoms with Crippen molar-refractivity contribution >= 4 is 41.2 Å². The fraction of sp³-hybridized carbons (Fsp3) is 0.485. The van der Waals surface area contributed by atoms with E-state index < -0.39 is 0 Å². The Kier molecular flexibility index (Phi) is 13.3. The van der Waals surface area contributed by atoms with E-state index in [0.29, 0.717) is 83.4 Å². The molecule has 2 aromatic heterocycles. The molecule has 0 spiro atoms. The summed E-state index contributed by atoms with van der Waals surface area (Å²) in [6, 6.07) is 8.51. The molecule has 0 atom stereocenters. The van der Waals surface area contributed by atoms with Crippen LogP contribution in [0.4, 0.5) is 11.8 Å². The Morgan fingerprint density at radius 1 is 0.800 bits per heavy atom. The Morgan fingerprint density at radius 3 is 1.92 bits per heavy atom. The minimum Gasteiger partial charge on any atom is -0.480 e. The van der Waals surface area contributed by atoms with Gasteiger partial charge in [-0.3, -0.25) is 24.2 Å². The molecule has 1 fully saturated rings. The molecule has 0 bridgehead atoms. The Morgan fingerprint density at radius 2 is 1.36 bits per heavy atom.